The van der Waals surface area contributed by atoms with E-state index >= 15 is 0 Å². The van der Waals surface area contributed by atoms with Gasteiger partial charge in [-0.15, -0.1) is 11.3 Å². The number of hydrogen-bond donors (Lipinski definition) is 2. The molecule has 1 atom stereocenters. The minimum atomic E-state index is -3.55. The van der Waals surface area contributed by atoms with Crippen LogP contribution in [0.2, 0.25) is 0 Å². The molecule has 0 saturated heterocycles. The number of sulfonamides is 1. The van der Waals surface area contributed by atoms with Crippen molar-refractivity contribution in [2.45, 2.75) is 38.0 Å². The number of aliphatic hydroxyl groups excluding tert-OH is 1. The summed E-state index contributed by atoms with van der Waals surface area (Å²) in [5, 5.41) is 11.2. The van der Waals surface area contributed by atoms with Crippen molar-refractivity contribution in [1.29, 1.82) is 0 Å². The lowest BCUT2D eigenvalue weighted by Crippen LogP contribution is -2.32. The van der Waals surface area contributed by atoms with Crippen LogP contribution in [0.4, 0.5) is 5.13 Å². The fraction of sp³-hybridized carbons (Fsp3) is 0.348. The summed E-state index contributed by atoms with van der Waals surface area (Å²) in [5.74, 6) is 0. The normalized spacial score (nSPS) is 16.1. The zero-order valence-electron chi connectivity index (χ0n) is 17.7. The van der Waals surface area contributed by atoms with Gasteiger partial charge in [0, 0.05) is 23.4 Å². The number of anilines is 1. The minimum Gasteiger partial charge on any atom is -0.372 e. The summed E-state index contributed by atoms with van der Waals surface area (Å²) < 4.78 is 25.3. The van der Waals surface area contributed by atoms with E-state index in [0.717, 1.165) is 35.7 Å². The molecule has 1 fully saturated rings. The van der Waals surface area contributed by atoms with E-state index in [0.29, 0.717) is 12.2 Å². The van der Waals surface area contributed by atoms with Crippen molar-refractivity contribution in [3.8, 4) is 0 Å². The molecule has 4 rings (SSSR count). The standard InChI is InChI=1S/C23H27N3O3S2/c1-17-20(21(27)25-31(2,28)29)24-22(30-17)26(15-18-9-5-3-6-10-18)16-23(13-14-23)19-11-7-4-8-12-19/h3-12,21,25,27H,13-16H2,1-2H3. The van der Waals surface area contributed by atoms with E-state index < -0.39 is 16.3 Å². The Kier molecular flexibility index (Phi) is 6.16. The lowest BCUT2D eigenvalue weighted by atomic mass is 9.95. The Balaban J connectivity index is 1.64. The van der Waals surface area contributed by atoms with E-state index in [2.05, 4.69) is 51.0 Å². The van der Waals surface area contributed by atoms with Gasteiger partial charge in [0.25, 0.3) is 0 Å². The molecule has 0 aliphatic heterocycles. The summed E-state index contributed by atoms with van der Waals surface area (Å²) in [5.41, 5.74) is 2.96. The lowest BCUT2D eigenvalue weighted by Gasteiger charge is -2.28. The molecule has 3 aromatic rings. The molecular formula is C23H27N3O3S2. The maximum atomic E-state index is 11.6. The van der Waals surface area contributed by atoms with Crippen LogP contribution in [0.25, 0.3) is 0 Å². The van der Waals surface area contributed by atoms with Crippen molar-refractivity contribution >= 4 is 26.5 Å². The van der Waals surface area contributed by atoms with Crippen molar-refractivity contribution in [3.63, 3.8) is 0 Å². The zero-order chi connectivity index (χ0) is 22.1. The summed E-state index contributed by atoms with van der Waals surface area (Å²) in [6, 6.07) is 20.8. The molecule has 1 saturated carbocycles. The van der Waals surface area contributed by atoms with E-state index in [1.165, 1.54) is 22.5 Å². The summed E-state index contributed by atoms with van der Waals surface area (Å²) in [7, 11) is -3.55. The van der Waals surface area contributed by atoms with Crippen LogP contribution in [0.5, 0.6) is 0 Å². The van der Waals surface area contributed by atoms with E-state index in [4.69, 9.17) is 0 Å². The van der Waals surface area contributed by atoms with Gasteiger partial charge in [-0.05, 0) is 30.9 Å². The molecule has 2 aromatic carbocycles. The highest BCUT2D eigenvalue weighted by Gasteiger charge is 2.45. The van der Waals surface area contributed by atoms with E-state index in [-0.39, 0.29) is 5.41 Å². The third kappa shape index (κ3) is 5.33. The van der Waals surface area contributed by atoms with E-state index in [1.54, 1.807) is 0 Å². The molecule has 1 unspecified atom stereocenters. The first kappa shape index (κ1) is 22.0. The maximum absolute atomic E-state index is 11.6. The fourth-order valence-electron chi connectivity index (χ4n) is 3.88. The molecule has 31 heavy (non-hydrogen) atoms. The summed E-state index contributed by atoms with van der Waals surface area (Å²) in [4.78, 5) is 7.71. The van der Waals surface area contributed by atoms with Crippen LogP contribution in [-0.2, 0) is 22.0 Å². The molecule has 0 radical (unpaired) electrons. The molecule has 1 heterocycles. The predicted octanol–water partition coefficient (Wildman–Crippen LogP) is 3.73. The van der Waals surface area contributed by atoms with Crippen LogP contribution >= 0.6 is 11.3 Å². The third-order valence-electron chi connectivity index (χ3n) is 5.63. The number of rotatable bonds is 9. The van der Waals surface area contributed by atoms with Crippen molar-refractivity contribution in [1.82, 2.24) is 9.71 Å². The number of aromatic nitrogens is 1. The Morgan fingerprint density at radius 2 is 1.74 bits per heavy atom. The number of aryl methyl sites for hydroxylation is 1. The first-order chi connectivity index (χ1) is 14.8. The van der Waals surface area contributed by atoms with Gasteiger partial charge in [-0.3, -0.25) is 0 Å². The summed E-state index contributed by atoms with van der Waals surface area (Å²) >= 11 is 1.48. The van der Waals surface area contributed by atoms with Crippen LogP contribution in [0.3, 0.4) is 0 Å². The molecule has 0 spiro atoms. The van der Waals surface area contributed by atoms with Crippen LogP contribution < -0.4 is 9.62 Å². The number of nitrogens with one attached hydrogen (secondary N) is 1. The van der Waals surface area contributed by atoms with Gasteiger partial charge in [-0.25, -0.2) is 13.4 Å². The van der Waals surface area contributed by atoms with Crippen molar-refractivity contribution in [3.05, 3.63) is 82.4 Å². The van der Waals surface area contributed by atoms with Gasteiger partial charge in [0.2, 0.25) is 10.0 Å². The number of hydrogen-bond acceptors (Lipinski definition) is 6. The predicted molar refractivity (Wildman–Crippen MR) is 125 cm³/mol. The fourth-order valence-corrected chi connectivity index (χ4v) is 5.34. The second-order valence-electron chi connectivity index (χ2n) is 8.22. The van der Waals surface area contributed by atoms with Crippen molar-refractivity contribution < 1.29 is 13.5 Å². The second kappa shape index (κ2) is 8.70. The van der Waals surface area contributed by atoms with Gasteiger partial charge < -0.3 is 10.0 Å². The number of thiazole rings is 1. The molecule has 0 bridgehead atoms. The Morgan fingerprint density at radius 3 is 2.32 bits per heavy atom. The third-order valence-corrected chi connectivity index (χ3v) is 7.32. The topological polar surface area (TPSA) is 82.5 Å². The number of benzene rings is 2. The largest absolute Gasteiger partial charge is 0.372 e. The Labute approximate surface area is 187 Å². The highest BCUT2D eigenvalue weighted by Crippen LogP contribution is 2.49. The Hall–Kier alpha value is -2.26. The van der Waals surface area contributed by atoms with Gasteiger partial charge in [0.05, 0.1) is 6.26 Å². The lowest BCUT2D eigenvalue weighted by molar-refractivity contribution is 0.162. The molecule has 2 N–H and O–H groups in total. The van der Waals surface area contributed by atoms with E-state index in [9.17, 15) is 13.5 Å². The molecule has 1 aliphatic carbocycles. The summed E-state index contributed by atoms with van der Waals surface area (Å²) in [6.45, 7) is 3.36. The van der Waals surface area contributed by atoms with Crippen LogP contribution in [0.15, 0.2) is 60.7 Å². The maximum Gasteiger partial charge on any atom is 0.211 e. The molecule has 0 amide bonds. The van der Waals surface area contributed by atoms with Crippen LogP contribution in [-0.4, -0.2) is 31.3 Å². The Bertz CT molecular complexity index is 1130. The highest BCUT2D eigenvalue weighted by atomic mass is 32.2. The molecule has 6 nitrogen and oxygen atoms in total. The molecular weight excluding hydrogens is 430 g/mol. The SMILES string of the molecule is Cc1sc(N(Cc2ccccc2)CC2(c3ccccc3)CC2)nc1C(O)NS(C)(=O)=O. The second-order valence-corrected chi connectivity index (χ2v) is 11.2. The van der Waals surface area contributed by atoms with Gasteiger partial charge >= 0.3 is 0 Å². The van der Waals surface area contributed by atoms with Gasteiger partial charge in [-0.2, -0.15) is 4.72 Å². The molecule has 1 aliphatic rings. The smallest absolute Gasteiger partial charge is 0.211 e. The summed E-state index contributed by atoms with van der Waals surface area (Å²) in [6.07, 6.45) is 1.91. The first-order valence-corrected chi connectivity index (χ1v) is 12.9. The van der Waals surface area contributed by atoms with Crippen LogP contribution in [0, 0.1) is 6.92 Å². The first-order valence-electron chi connectivity index (χ1n) is 10.2. The monoisotopic (exact) mass is 457 g/mol. The minimum absolute atomic E-state index is 0.0966. The molecule has 1 aromatic heterocycles. The quantitative estimate of drug-likeness (QED) is 0.479. The number of nitrogens with zero attached hydrogens (tertiary/aromatic N) is 2. The van der Waals surface area contributed by atoms with Gasteiger partial charge in [0.1, 0.15) is 5.69 Å². The average Bonchev–Trinajstić information content (AvgIpc) is 3.41. The van der Waals surface area contributed by atoms with E-state index in [1.807, 2.05) is 31.2 Å². The highest BCUT2D eigenvalue weighted by molar-refractivity contribution is 7.88. The van der Waals surface area contributed by atoms with Gasteiger partial charge in [-0.1, -0.05) is 60.7 Å². The average molecular weight is 458 g/mol. The molecule has 164 valence electrons. The van der Waals surface area contributed by atoms with Crippen LogP contribution in [0.1, 0.15) is 40.8 Å². The number of aliphatic hydroxyl groups is 1. The zero-order valence-corrected chi connectivity index (χ0v) is 19.3. The van der Waals surface area contributed by atoms with Gasteiger partial charge in [0.15, 0.2) is 11.4 Å². The Morgan fingerprint density at radius 1 is 1.13 bits per heavy atom. The van der Waals surface area contributed by atoms with Crippen molar-refractivity contribution in [2.75, 3.05) is 17.7 Å². The van der Waals surface area contributed by atoms with Crippen molar-refractivity contribution in [2.24, 2.45) is 0 Å². The molecule has 8 heteroatoms.